The van der Waals surface area contributed by atoms with E-state index in [2.05, 4.69) is 29.1 Å². The maximum absolute atomic E-state index is 5.00. The summed E-state index contributed by atoms with van der Waals surface area (Å²) in [6.07, 6.45) is 2.84. The van der Waals surface area contributed by atoms with Gasteiger partial charge in [-0.05, 0) is 5.92 Å². The zero-order valence-electron chi connectivity index (χ0n) is 8.95. The molecule has 0 aliphatic heterocycles. The molecule has 0 aromatic carbocycles. The number of ether oxygens (including phenoxy) is 1. The third-order valence-corrected chi connectivity index (χ3v) is 2.14. The molecule has 1 N–H and O–H groups in total. The van der Waals surface area contributed by atoms with Gasteiger partial charge in [0.05, 0.1) is 7.11 Å². The minimum atomic E-state index is 0.589. The molecule has 14 heavy (non-hydrogen) atoms. The van der Waals surface area contributed by atoms with Gasteiger partial charge in [-0.15, -0.1) is 0 Å². The Morgan fingerprint density at radius 2 is 2.36 bits per heavy atom. The highest BCUT2D eigenvalue weighted by atomic mass is 16.5. The lowest BCUT2D eigenvalue weighted by molar-refractivity contribution is 0.397. The zero-order valence-corrected chi connectivity index (χ0v) is 8.95. The van der Waals surface area contributed by atoms with Gasteiger partial charge in [0.1, 0.15) is 0 Å². The topological polar surface area (TPSA) is 47.0 Å². The average molecular weight is 195 g/mol. The molecule has 0 saturated heterocycles. The summed E-state index contributed by atoms with van der Waals surface area (Å²) < 4.78 is 5.00. The Morgan fingerprint density at radius 1 is 1.57 bits per heavy atom. The predicted molar refractivity (Wildman–Crippen MR) is 56.5 cm³/mol. The van der Waals surface area contributed by atoms with E-state index in [9.17, 15) is 0 Å². The van der Waals surface area contributed by atoms with Gasteiger partial charge in [-0.2, -0.15) is 4.98 Å². The third-order valence-electron chi connectivity index (χ3n) is 2.14. The molecule has 0 saturated carbocycles. The Labute approximate surface area is 84.7 Å². The normalized spacial score (nSPS) is 12.2. The number of methoxy groups -OCH3 is 1. The van der Waals surface area contributed by atoms with Crippen molar-refractivity contribution in [3.8, 4) is 5.88 Å². The quantitative estimate of drug-likeness (QED) is 0.780. The van der Waals surface area contributed by atoms with Crippen LogP contribution in [0.5, 0.6) is 5.88 Å². The minimum absolute atomic E-state index is 0.589. The van der Waals surface area contributed by atoms with Gasteiger partial charge < -0.3 is 10.1 Å². The molecule has 0 spiro atoms. The van der Waals surface area contributed by atoms with Crippen molar-refractivity contribution < 1.29 is 4.74 Å². The summed E-state index contributed by atoms with van der Waals surface area (Å²) in [5, 5.41) is 3.17. The highest BCUT2D eigenvalue weighted by Crippen LogP contribution is 2.08. The number of hydrogen-bond donors (Lipinski definition) is 1. The van der Waals surface area contributed by atoms with E-state index in [-0.39, 0.29) is 0 Å². The van der Waals surface area contributed by atoms with E-state index in [1.807, 2.05) is 0 Å². The molecule has 1 atom stereocenters. The Balaban J connectivity index is 2.50. The summed E-state index contributed by atoms with van der Waals surface area (Å²) in [7, 11) is 1.60. The monoisotopic (exact) mass is 195 g/mol. The third kappa shape index (κ3) is 3.20. The largest absolute Gasteiger partial charge is 0.481 e. The molecule has 0 fully saturated rings. The average Bonchev–Trinajstić information content (AvgIpc) is 2.26. The first-order valence-corrected chi connectivity index (χ1v) is 4.87. The van der Waals surface area contributed by atoms with E-state index in [0.29, 0.717) is 17.7 Å². The standard InChI is InChI=1S/C10H17N3O/c1-4-8(2)7-12-10-11-6-5-9(13-10)14-3/h5-6,8H,4,7H2,1-3H3,(H,11,12,13). The van der Waals surface area contributed by atoms with Gasteiger partial charge >= 0.3 is 0 Å². The Morgan fingerprint density at radius 3 is 3.00 bits per heavy atom. The highest BCUT2D eigenvalue weighted by Gasteiger charge is 2.01. The molecule has 0 aliphatic rings. The summed E-state index contributed by atoms with van der Waals surface area (Å²) in [4.78, 5) is 8.24. The summed E-state index contributed by atoms with van der Waals surface area (Å²) in [5.74, 6) is 1.85. The Kier molecular flexibility index (Phi) is 4.16. The van der Waals surface area contributed by atoms with Crippen molar-refractivity contribution in [2.24, 2.45) is 5.92 Å². The zero-order chi connectivity index (χ0) is 10.4. The van der Waals surface area contributed by atoms with Crippen LogP contribution in [-0.4, -0.2) is 23.6 Å². The first-order chi connectivity index (χ1) is 6.76. The number of hydrogen-bond acceptors (Lipinski definition) is 4. The number of anilines is 1. The summed E-state index contributed by atoms with van der Waals surface area (Å²) >= 11 is 0. The summed E-state index contributed by atoms with van der Waals surface area (Å²) in [5.41, 5.74) is 0. The lowest BCUT2D eigenvalue weighted by Gasteiger charge is -2.09. The van der Waals surface area contributed by atoms with E-state index in [1.165, 1.54) is 0 Å². The molecule has 1 aromatic rings. The fraction of sp³-hybridized carbons (Fsp3) is 0.600. The van der Waals surface area contributed by atoms with Gasteiger partial charge in [0.25, 0.3) is 0 Å². The summed E-state index contributed by atoms with van der Waals surface area (Å²) in [6, 6.07) is 1.73. The van der Waals surface area contributed by atoms with Gasteiger partial charge in [0, 0.05) is 18.8 Å². The van der Waals surface area contributed by atoms with E-state index in [1.54, 1.807) is 19.4 Å². The fourth-order valence-corrected chi connectivity index (χ4v) is 0.951. The van der Waals surface area contributed by atoms with Gasteiger partial charge in [-0.25, -0.2) is 4.98 Å². The molecule has 4 heteroatoms. The second-order valence-corrected chi connectivity index (χ2v) is 3.32. The van der Waals surface area contributed by atoms with Gasteiger partial charge in [-0.1, -0.05) is 20.3 Å². The molecule has 78 valence electrons. The number of nitrogens with zero attached hydrogens (tertiary/aromatic N) is 2. The lowest BCUT2D eigenvalue weighted by atomic mass is 10.1. The number of nitrogens with one attached hydrogen (secondary N) is 1. The molecule has 0 amide bonds. The minimum Gasteiger partial charge on any atom is -0.481 e. The van der Waals surface area contributed by atoms with Crippen molar-refractivity contribution in [1.29, 1.82) is 0 Å². The molecule has 1 unspecified atom stereocenters. The molecular formula is C10H17N3O. The molecule has 0 bridgehead atoms. The number of rotatable bonds is 5. The highest BCUT2D eigenvalue weighted by molar-refractivity contribution is 5.27. The van der Waals surface area contributed by atoms with Crippen LogP contribution >= 0.6 is 0 Å². The molecule has 1 rings (SSSR count). The van der Waals surface area contributed by atoms with Crippen LogP contribution in [0.2, 0.25) is 0 Å². The van der Waals surface area contributed by atoms with Crippen molar-refractivity contribution >= 4 is 5.95 Å². The summed E-state index contributed by atoms with van der Waals surface area (Å²) in [6.45, 7) is 5.25. The van der Waals surface area contributed by atoms with Crippen LogP contribution in [0.15, 0.2) is 12.3 Å². The van der Waals surface area contributed by atoms with Crippen molar-refractivity contribution in [1.82, 2.24) is 9.97 Å². The first kappa shape index (κ1) is 10.8. The first-order valence-electron chi connectivity index (χ1n) is 4.87. The van der Waals surface area contributed by atoms with E-state index in [0.717, 1.165) is 13.0 Å². The van der Waals surface area contributed by atoms with E-state index in [4.69, 9.17) is 4.74 Å². The van der Waals surface area contributed by atoms with Crippen LogP contribution in [0.4, 0.5) is 5.95 Å². The molecule has 1 aromatic heterocycles. The predicted octanol–water partition coefficient (Wildman–Crippen LogP) is 1.94. The molecular weight excluding hydrogens is 178 g/mol. The number of aromatic nitrogens is 2. The maximum atomic E-state index is 5.00. The van der Waals surface area contributed by atoms with Gasteiger partial charge in [-0.3, -0.25) is 0 Å². The van der Waals surface area contributed by atoms with E-state index >= 15 is 0 Å². The Bertz CT molecular complexity index is 278. The van der Waals surface area contributed by atoms with Crippen molar-refractivity contribution in [3.63, 3.8) is 0 Å². The van der Waals surface area contributed by atoms with Gasteiger partial charge in [0.2, 0.25) is 11.8 Å². The Hall–Kier alpha value is -1.32. The maximum Gasteiger partial charge on any atom is 0.225 e. The smallest absolute Gasteiger partial charge is 0.225 e. The molecule has 4 nitrogen and oxygen atoms in total. The van der Waals surface area contributed by atoms with Crippen LogP contribution < -0.4 is 10.1 Å². The van der Waals surface area contributed by atoms with Crippen molar-refractivity contribution in [2.45, 2.75) is 20.3 Å². The molecule has 1 heterocycles. The lowest BCUT2D eigenvalue weighted by Crippen LogP contribution is -2.12. The van der Waals surface area contributed by atoms with Crippen LogP contribution in [-0.2, 0) is 0 Å². The van der Waals surface area contributed by atoms with Crippen LogP contribution in [0.3, 0.4) is 0 Å². The second kappa shape index (κ2) is 5.42. The van der Waals surface area contributed by atoms with Gasteiger partial charge in [0.15, 0.2) is 0 Å². The molecule has 0 aliphatic carbocycles. The fourth-order valence-electron chi connectivity index (χ4n) is 0.951. The SMILES string of the molecule is CCC(C)CNc1nccc(OC)n1. The van der Waals surface area contributed by atoms with Crippen LogP contribution in [0, 0.1) is 5.92 Å². The van der Waals surface area contributed by atoms with Crippen LogP contribution in [0.25, 0.3) is 0 Å². The van der Waals surface area contributed by atoms with Crippen LogP contribution in [0.1, 0.15) is 20.3 Å². The van der Waals surface area contributed by atoms with Crippen molar-refractivity contribution in [3.05, 3.63) is 12.3 Å². The van der Waals surface area contributed by atoms with E-state index < -0.39 is 0 Å². The van der Waals surface area contributed by atoms with Crippen molar-refractivity contribution in [2.75, 3.05) is 19.0 Å². The second-order valence-electron chi connectivity index (χ2n) is 3.32. The molecule has 0 radical (unpaired) electrons.